The van der Waals surface area contributed by atoms with Gasteiger partial charge in [-0.2, -0.15) is 0 Å². The van der Waals surface area contributed by atoms with E-state index in [9.17, 15) is 4.79 Å². The predicted molar refractivity (Wildman–Crippen MR) is 98.4 cm³/mol. The minimum absolute atomic E-state index is 0.187. The number of carbonyl (C=O) groups excluding carboxylic acids is 1. The first-order valence-corrected chi connectivity index (χ1v) is 8.41. The van der Waals surface area contributed by atoms with Crippen LogP contribution < -0.4 is 5.32 Å². The van der Waals surface area contributed by atoms with Crippen LogP contribution in [0.15, 0.2) is 52.4 Å². The van der Waals surface area contributed by atoms with E-state index in [0.717, 1.165) is 16.8 Å². The quantitative estimate of drug-likeness (QED) is 0.746. The number of carbonyl (C=O) groups is 1. The Kier molecular flexibility index (Phi) is 4.76. The number of benzene rings is 2. The van der Waals surface area contributed by atoms with E-state index in [1.54, 1.807) is 12.1 Å². The van der Waals surface area contributed by atoms with E-state index in [-0.39, 0.29) is 5.91 Å². The van der Waals surface area contributed by atoms with Gasteiger partial charge in [-0.3, -0.25) is 4.79 Å². The molecule has 1 fully saturated rings. The Bertz CT molecular complexity index is 846. The maximum atomic E-state index is 12.1. The number of halogens is 2. The number of amidine groups is 1. The number of amides is 1. The van der Waals surface area contributed by atoms with Crippen molar-refractivity contribution in [1.82, 2.24) is 5.32 Å². The summed E-state index contributed by atoms with van der Waals surface area (Å²) in [6.07, 6.45) is 1.76. The summed E-state index contributed by atoms with van der Waals surface area (Å²) < 4.78 is 0. The second kappa shape index (κ2) is 6.79. The number of rotatable bonds is 2. The van der Waals surface area contributed by atoms with E-state index in [0.29, 0.717) is 20.1 Å². The van der Waals surface area contributed by atoms with Crippen LogP contribution in [0.25, 0.3) is 6.08 Å². The van der Waals surface area contributed by atoms with Gasteiger partial charge in [0.25, 0.3) is 5.91 Å². The van der Waals surface area contributed by atoms with Crippen LogP contribution in [0.3, 0.4) is 0 Å². The summed E-state index contributed by atoms with van der Waals surface area (Å²) >= 11 is 13.5. The number of nitrogens with one attached hydrogen (secondary N) is 1. The smallest absolute Gasteiger partial charge is 0.264 e. The van der Waals surface area contributed by atoms with Crippen molar-refractivity contribution in [3.63, 3.8) is 0 Å². The van der Waals surface area contributed by atoms with E-state index < -0.39 is 0 Å². The SMILES string of the molecule is Cc1c(Cl)cccc1N=C1NC(=O)/C(=C/c2ccccc2Cl)S1. The molecule has 0 aliphatic carbocycles. The molecule has 1 N–H and O–H groups in total. The lowest BCUT2D eigenvalue weighted by molar-refractivity contribution is -0.115. The highest BCUT2D eigenvalue weighted by Crippen LogP contribution is 2.31. The zero-order valence-electron chi connectivity index (χ0n) is 12.1. The minimum Gasteiger partial charge on any atom is -0.300 e. The Morgan fingerprint density at radius 2 is 1.83 bits per heavy atom. The first-order chi connectivity index (χ1) is 11.0. The first kappa shape index (κ1) is 16.1. The van der Waals surface area contributed by atoms with E-state index in [4.69, 9.17) is 23.2 Å². The van der Waals surface area contributed by atoms with Gasteiger partial charge in [0.1, 0.15) is 0 Å². The average Bonchev–Trinajstić information content (AvgIpc) is 2.86. The van der Waals surface area contributed by atoms with E-state index >= 15 is 0 Å². The standard InChI is InChI=1S/C17H12Cl2N2OS/c1-10-12(18)7-4-8-14(10)20-17-21-16(22)15(23-17)9-11-5-2-3-6-13(11)19/h2-9H,1H3,(H,20,21,22)/b15-9-. The third-order valence-corrected chi connectivity index (χ3v) is 4.97. The van der Waals surface area contributed by atoms with Gasteiger partial charge in [-0.05, 0) is 54.1 Å². The molecule has 1 heterocycles. The van der Waals surface area contributed by atoms with E-state index in [1.165, 1.54) is 11.8 Å². The van der Waals surface area contributed by atoms with Crippen molar-refractivity contribution in [1.29, 1.82) is 0 Å². The average molecular weight is 363 g/mol. The van der Waals surface area contributed by atoms with Gasteiger partial charge in [0.05, 0.1) is 10.6 Å². The molecule has 3 rings (SSSR count). The highest BCUT2D eigenvalue weighted by molar-refractivity contribution is 8.18. The molecular formula is C17H12Cl2N2OS. The van der Waals surface area contributed by atoms with Crippen LogP contribution in [-0.4, -0.2) is 11.1 Å². The summed E-state index contributed by atoms with van der Waals surface area (Å²) in [5, 5.41) is 4.53. The molecule has 3 nitrogen and oxygen atoms in total. The second-order valence-corrected chi connectivity index (χ2v) is 6.73. The van der Waals surface area contributed by atoms with Crippen molar-refractivity contribution in [3.8, 4) is 0 Å². The van der Waals surface area contributed by atoms with Crippen molar-refractivity contribution < 1.29 is 4.79 Å². The van der Waals surface area contributed by atoms with Crippen molar-refractivity contribution in [2.45, 2.75) is 6.92 Å². The molecule has 1 aliphatic heterocycles. The van der Waals surface area contributed by atoms with Gasteiger partial charge < -0.3 is 5.32 Å². The van der Waals surface area contributed by atoms with Gasteiger partial charge in [0.15, 0.2) is 5.17 Å². The third kappa shape index (κ3) is 3.61. The van der Waals surface area contributed by atoms with Crippen molar-refractivity contribution >= 4 is 57.8 Å². The fraction of sp³-hybridized carbons (Fsp3) is 0.0588. The highest BCUT2D eigenvalue weighted by Gasteiger charge is 2.24. The first-order valence-electron chi connectivity index (χ1n) is 6.84. The monoisotopic (exact) mass is 362 g/mol. The molecule has 0 radical (unpaired) electrons. The molecule has 1 saturated heterocycles. The van der Waals surface area contributed by atoms with Crippen LogP contribution in [0, 0.1) is 6.92 Å². The molecule has 0 bridgehead atoms. The summed E-state index contributed by atoms with van der Waals surface area (Å²) in [5.74, 6) is -0.187. The van der Waals surface area contributed by atoms with Gasteiger partial charge in [0.2, 0.25) is 0 Å². The predicted octanol–water partition coefficient (Wildman–Crippen LogP) is 5.19. The minimum atomic E-state index is -0.187. The van der Waals surface area contributed by atoms with Crippen LogP contribution in [0.5, 0.6) is 0 Å². The van der Waals surface area contributed by atoms with Crippen LogP contribution in [0.2, 0.25) is 10.0 Å². The Balaban J connectivity index is 1.89. The summed E-state index contributed by atoms with van der Waals surface area (Å²) in [5.41, 5.74) is 2.41. The molecule has 0 spiro atoms. The molecule has 1 amide bonds. The Hall–Kier alpha value is -1.75. The number of hydrogen-bond acceptors (Lipinski definition) is 3. The maximum Gasteiger partial charge on any atom is 0.264 e. The molecule has 0 atom stereocenters. The summed E-state index contributed by atoms with van der Waals surface area (Å²) in [7, 11) is 0. The van der Waals surface area contributed by atoms with Crippen LogP contribution in [0.4, 0.5) is 5.69 Å². The lowest BCUT2D eigenvalue weighted by Gasteiger charge is -2.02. The lowest BCUT2D eigenvalue weighted by Crippen LogP contribution is -2.19. The largest absolute Gasteiger partial charge is 0.300 e. The van der Waals surface area contributed by atoms with E-state index in [2.05, 4.69) is 10.3 Å². The molecular weight excluding hydrogens is 351 g/mol. The molecule has 2 aromatic rings. The van der Waals surface area contributed by atoms with Crippen LogP contribution in [0.1, 0.15) is 11.1 Å². The fourth-order valence-corrected chi connectivity index (χ4v) is 3.23. The van der Waals surface area contributed by atoms with Crippen molar-refractivity contribution in [2.24, 2.45) is 4.99 Å². The molecule has 0 saturated carbocycles. The van der Waals surface area contributed by atoms with Gasteiger partial charge in [-0.25, -0.2) is 4.99 Å². The maximum absolute atomic E-state index is 12.1. The van der Waals surface area contributed by atoms with Gasteiger partial charge in [0, 0.05) is 10.0 Å². The zero-order valence-corrected chi connectivity index (χ0v) is 14.5. The molecule has 1 aliphatic rings. The molecule has 6 heteroatoms. The van der Waals surface area contributed by atoms with Gasteiger partial charge in [-0.15, -0.1) is 0 Å². The Morgan fingerprint density at radius 3 is 2.61 bits per heavy atom. The summed E-state index contributed by atoms with van der Waals surface area (Å²) in [6, 6.07) is 12.9. The third-order valence-electron chi connectivity index (χ3n) is 3.30. The van der Waals surface area contributed by atoms with Crippen LogP contribution in [-0.2, 0) is 4.79 Å². The van der Waals surface area contributed by atoms with Crippen molar-refractivity contribution in [3.05, 3.63) is 68.5 Å². The zero-order chi connectivity index (χ0) is 16.4. The fourth-order valence-electron chi connectivity index (χ4n) is 2.04. The van der Waals surface area contributed by atoms with Crippen LogP contribution >= 0.6 is 35.0 Å². The number of hydrogen-bond donors (Lipinski definition) is 1. The Morgan fingerprint density at radius 1 is 1.09 bits per heavy atom. The van der Waals surface area contributed by atoms with E-state index in [1.807, 2.05) is 43.3 Å². The van der Waals surface area contributed by atoms with Gasteiger partial charge >= 0.3 is 0 Å². The lowest BCUT2D eigenvalue weighted by atomic mass is 10.2. The molecule has 23 heavy (non-hydrogen) atoms. The number of thioether (sulfide) groups is 1. The van der Waals surface area contributed by atoms with Gasteiger partial charge in [-0.1, -0.05) is 47.5 Å². The Labute approximate surface area is 148 Å². The molecule has 116 valence electrons. The molecule has 0 unspecified atom stereocenters. The summed E-state index contributed by atoms with van der Waals surface area (Å²) in [4.78, 5) is 17.1. The molecule has 0 aromatic heterocycles. The molecule has 2 aromatic carbocycles. The summed E-state index contributed by atoms with van der Waals surface area (Å²) in [6.45, 7) is 1.89. The topological polar surface area (TPSA) is 41.5 Å². The number of nitrogens with zero attached hydrogens (tertiary/aromatic N) is 1. The highest BCUT2D eigenvalue weighted by atomic mass is 35.5. The normalized spacial score (nSPS) is 17.8. The second-order valence-electron chi connectivity index (χ2n) is 4.89. The van der Waals surface area contributed by atoms with Crippen molar-refractivity contribution in [2.75, 3.05) is 0 Å². The number of aliphatic imine (C=N–C) groups is 1.